The SMILES string of the molecule is COc1cc(C2Oc3c(OC)cc(C=CC=O)cc3C2COC2OC(CO)C(O)C(O)C2O)cc(OC)c1O. The van der Waals surface area contributed by atoms with Crippen molar-refractivity contribution in [1.29, 1.82) is 0 Å². The van der Waals surface area contributed by atoms with Crippen molar-refractivity contribution < 1.29 is 58.7 Å². The molecule has 0 spiro atoms. The maximum absolute atomic E-state index is 10.9. The summed E-state index contributed by atoms with van der Waals surface area (Å²) in [6.07, 6.45) is -4.36. The van der Waals surface area contributed by atoms with Crippen LogP contribution in [0.15, 0.2) is 30.3 Å². The van der Waals surface area contributed by atoms with Gasteiger partial charge >= 0.3 is 0 Å². The monoisotopic (exact) mass is 548 g/mol. The first-order valence-electron chi connectivity index (χ1n) is 12.1. The van der Waals surface area contributed by atoms with E-state index in [1.165, 1.54) is 27.4 Å². The van der Waals surface area contributed by atoms with E-state index in [-0.39, 0.29) is 23.9 Å². The first-order chi connectivity index (χ1) is 18.8. The molecule has 212 valence electrons. The summed E-state index contributed by atoms with van der Waals surface area (Å²) < 4.78 is 33.9. The van der Waals surface area contributed by atoms with Gasteiger partial charge in [-0.2, -0.15) is 0 Å². The third-order valence-electron chi connectivity index (χ3n) is 6.82. The quantitative estimate of drug-likeness (QED) is 0.208. The first kappa shape index (κ1) is 28.6. The predicted octanol–water partition coefficient (Wildman–Crippen LogP) is 0.664. The van der Waals surface area contributed by atoms with Gasteiger partial charge in [0.05, 0.1) is 40.5 Å². The van der Waals surface area contributed by atoms with E-state index >= 15 is 0 Å². The van der Waals surface area contributed by atoms with Gasteiger partial charge in [-0.15, -0.1) is 0 Å². The van der Waals surface area contributed by atoms with Crippen LogP contribution in [0.3, 0.4) is 0 Å². The van der Waals surface area contributed by atoms with E-state index in [1.807, 2.05) is 0 Å². The van der Waals surface area contributed by atoms with Gasteiger partial charge in [-0.25, -0.2) is 0 Å². The highest BCUT2D eigenvalue weighted by Crippen LogP contribution is 2.53. The molecule has 2 aliphatic heterocycles. The number of aliphatic hydroxyl groups excluding tert-OH is 4. The van der Waals surface area contributed by atoms with Crippen molar-refractivity contribution in [3.05, 3.63) is 47.0 Å². The fourth-order valence-corrected chi connectivity index (χ4v) is 4.78. The minimum atomic E-state index is -1.60. The molecule has 7 unspecified atom stereocenters. The number of hydrogen-bond donors (Lipinski definition) is 5. The minimum absolute atomic E-state index is 0.115. The van der Waals surface area contributed by atoms with Gasteiger partial charge in [0.1, 0.15) is 36.8 Å². The minimum Gasteiger partial charge on any atom is -0.502 e. The number of allylic oxidation sites excluding steroid dienone is 1. The number of aliphatic hydroxyl groups is 4. The Morgan fingerprint density at radius 3 is 2.18 bits per heavy atom. The van der Waals surface area contributed by atoms with Gasteiger partial charge in [0.25, 0.3) is 0 Å². The number of fused-ring (bicyclic) bond motifs is 1. The van der Waals surface area contributed by atoms with E-state index in [4.69, 9.17) is 28.4 Å². The lowest BCUT2D eigenvalue weighted by molar-refractivity contribution is -0.302. The second kappa shape index (κ2) is 12.2. The topological polar surface area (TPSA) is 174 Å². The number of phenols is 1. The number of methoxy groups -OCH3 is 3. The summed E-state index contributed by atoms with van der Waals surface area (Å²) in [4.78, 5) is 10.9. The summed E-state index contributed by atoms with van der Waals surface area (Å²) in [6, 6.07) is 6.69. The number of rotatable bonds is 10. The molecule has 0 aliphatic carbocycles. The highest BCUT2D eigenvalue weighted by atomic mass is 16.7. The summed E-state index contributed by atoms with van der Waals surface area (Å²) in [5, 5.41) is 50.7. The maximum Gasteiger partial charge on any atom is 0.200 e. The van der Waals surface area contributed by atoms with Crippen molar-refractivity contribution in [3.8, 4) is 28.7 Å². The highest BCUT2D eigenvalue weighted by Gasteiger charge is 2.46. The van der Waals surface area contributed by atoms with E-state index in [9.17, 15) is 30.3 Å². The van der Waals surface area contributed by atoms with Crippen molar-refractivity contribution in [2.24, 2.45) is 0 Å². The number of ether oxygens (including phenoxy) is 6. The van der Waals surface area contributed by atoms with Crippen molar-refractivity contribution >= 4 is 12.4 Å². The standard InChI is InChI=1S/C27H32O12/c1-34-17-9-14(10-18(35-2)21(17)30)25-16(12-37-27-24(33)23(32)22(31)20(11-29)38-27)15-7-13(5-4-6-28)8-19(36-3)26(15)39-25/h4-10,16,20,22-25,27,29-33H,11-12H2,1-3H3. The van der Waals surface area contributed by atoms with Gasteiger partial charge < -0.3 is 54.0 Å². The lowest BCUT2D eigenvalue weighted by Crippen LogP contribution is -2.59. The largest absolute Gasteiger partial charge is 0.502 e. The van der Waals surface area contributed by atoms with E-state index in [0.29, 0.717) is 34.5 Å². The van der Waals surface area contributed by atoms with E-state index < -0.39 is 49.3 Å². The molecule has 0 aromatic heterocycles. The zero-order chi connectivity index (χ0) is 28.3. The molecule has 1 fully saturated rings. The van der Waals surface area contributed by atoms with Crippen LogP contribution in [-0.4, -0.2) is 97.1 Å². The molecular weight excluding hydrogens is 516 g/mol. The molecule has 0 saturated carbocycles. The average molecular weight is 549 g/mol. The molecule has 0 bridgehead atoms. The number of aromatic hydroxyl groups is 1. The lowest BCUT2D eigenvalue weighted by atomic mass is 9.90. The van der Waals surface area contributed by atoms with Crippen LogP contribution >= 0.6 is 0 Å². The van der Waals surface area contributed by atoms with Crippen LogP contribution in [0.1, 0.15) is 28.7 Å². The second-order valence-corrected chi connectivity index (χ2v) is 9.09. The molecule has 2 aromatic carbocycles. The van der Waals surface area contributed by atoms with Crippen molar-refractivity contribution in [2.75, 3.05) is 34.5 Å². The zero-order valence-electron chi connectivity index (χ0n) is 21.6. The molecule has 4 rings (SSSR count). The maximum atomic E-state index is 10.9. The molecule has 39 heavy (non-hydrogen) atoms. The Hall–Kier alpha value is -3.39. The Morgan fingerprint density at radius 1 is 0.923 bits per heavy atom. The van der Waals surface area contributed by atoms with Gasteiger partial charge in [0.2, 0.25) is 5.75 Å². The normalized spacial score (nSPS) is 28.1. The Balaban J connectivity index is 1.75. The molecule has 1 saturated heterocycles. The molecule has 12 heteroatoms. The molecule has 2 aliphatic rings. The van der Waals surface area contributed by atoms with Crippen LogP contribution in [-0.2, 0) is 14.3 Å². The molecule has 2 aromatic rings. The fraction of sp³-hybridized carbons (Fsp3) is 0.444. The summed E-state index contributed by atoms with van der Waals surface area (Å²) in [5.74, 6) is 0.366. The number of phenolic OH excluding ortho intramolecular Hbond substituents is 1. The summed E-state index contributed by atoms with van der Waals surface area (Å²) in [5.41, 5.74) is 1.87. The van der Waals surface area contributed by atoms with Crippen LogP contribution in [0.2, 0.25) is 0 Å². The van der Waals surface area contributed by atoms with Gasteiger partial charge in [-0.3, -0.25) is 4.79 Å². The second-order valence-electron chi connectivity index (χ2n) is 9.09. The third kappa shape index (κ3) is 5.53. The molecule has 5 N–H and O–H groups in total. The number of benzene rings is 2. The van der Waals surface area contributed by atoms with Gasteiger partial charge in [-0.05, 0) is 35.9 Å². The first-order valence-corrected chi connectivity index (χ1v) is 12.1. The van der Waals surface area contributed by atoms with Crippen molar-refractivity contribution in [1.82, 2.24) is 0 Å². The number of carbonyl (C=O) groups excluding carboxylic acids is 1. The molecule has 7 atom stereocenters. The summed E-state index contributed by atoms with van der Waals surface area (Å²) >= 11 is 0. The zero-order valence-corrected chi connectivity index (χ0v) is 21.6. The van der Waals surface area contributed by atoms with Crippen molar-refractivity contribution in [3.63, 3.8) is 0 Å². The lowest BCUT2D eigenvalue weighted by Gasteiger charge is -2.40. The summed E-state index contributed by atoms with van der Waals surface area (Å²) in [7, 11) is 4.28. The molecule has 0 amide bonds. The number of hydrogen-bond acceptors (Lipinski definition) is 12. The Kier molecular flexibility index (Phi) is 8.95. The van der Waals surface area contributed by atoms with Gasteiger partial charge in [0.15, 0.2) is 29.3 Å². The van der Waals surface area contributed by atoms with E-state index in [1.54, 1.807) is 30.3 Å². The number of aldehydes is 1. The highest BCUT2D eigenvalue weighted by molar-refractivity contribution is 5.75. The van der Waals surface area contributed by atoms with Crippen LogP contribution in [0.4, 0.5) is 0 Å². The van der Waals surface area contributed by atoms with E-state index in [0.717, 1.165) is 0 Å². The van der Waals surface area contributed by atoms with E-state index in [2.05, 4.69) is 0 Å². The molecule has 0 radical (unpaired) electrons. The number of carbonyl (C=O) groups is 1. The smallest absolute Gasteiger partial charge is 0.200 e. The third-order valence-corrected chi connectivity index (χ3v) is 6.82. The van der Waals surface area contributed by atoms with Crippen LogP contribution in [0.25, 0.3) is 6.08 Å². The van der Waals surface area contributed by atoms with Gasteiger partial charge in [-0.1, -0.05) is 6.08 Å². The predicted molar refractivity (Wildman–Crippen MR) is 135 cm³/mol. The average Bonchev–Trinajstić information content (AvgIpc) is 3.32. The Morgan fingerprint density at radius 2 is 1.59 bits per heavy atom. The Bertz CT molecular complexity index is 1170. The van der Waals surface area contributed by atoms with Crippen LogP contribution in [0, 0.1) is 0 Å². The molecule has 2 heterocycles. The van der Waals surface area contributed by atoms with Crippen LogP contribution in [0.5, 0.6) is 28.7 Å². The Labute approximate surface area is 224 Å². The van der Waals surface area contributed by atoms with Gasteiger partial charge in [0, 0.05) is 11.1 Å². The molecule has 12 nitrogen and oxygen atoms in total. The van der Waals surface area contributed by atoms with Crippen molar-refractivity contribution in [2.45, 2.75) is 42.7 Å². The fourth-order valence-electron chi connectivity index (χ4n) is 4.78. The summed E-state index contributed by atoms with van der Waals surface area (Å²) in [6.45, 7) is -0.713. The molecular formula is C27H32O12. The van der Waals surface area contributed by atoms with Crippen LogP contribution < -0.4 is 18.9 Å².